The molecule has 0 saturated heterocycles. The molecule has 0 amide bonds. The van der Waals surface area contributed by atoms with E-state index in [9.17, 15) is 9.59 Å². The number of hydrogen-bond donors (Lipinski definition) is 3. The summed E-state index contributed by atoms with van der Waals surface area (Å²) >= 11 is 0. The van der Waals surface area contributed by atoms with Gasteiger partial charge in [-0.1, -0.05) is 0 Å². The molecular weight excluding hydrogens is 214 g/mol. The summed E-state index contributed by atoms with van der Waals surface area (Å²) in [6.45, 7) is 0. The number of carbonyl (C=O) groups is 2. The second-order valence-corrected chi connectivity index (χ2v) is 3.50. The van der Waals surface area contributed by atoms with Gasteiger partial charge in [0.05, 0.1) is 12.2 Å². The zero-order valence-corrected chi connectivity index (χ0v) is 8.50. The maximum Gasteiger partial charge on any atom is 0.320 e. The molecule has 0 saturated carbocycles. The molecule has 0 aliphatic carbocycles. The van der Waals surface area contributed by atoms with Gasteiger partial charge in [0.2, 0.25) is 0 Å². The predicted molar refractivity (Wildman–Crippen MR) is 53.8 cm³/mol. The average Bonchev–Trinajstić information content (AvgIpc) is 2.68. The molecule has 6 nitrogen and oxygen atoms in total. The molecule has 4 N–H and O–H groups in total. The lowest BCUT2D eigenvalue weighted by Gasteiger charge is -2.13. The fourth-order valence-electron chi connectivity index (χ4n) is 1.35. The van der Waals surface area contributed by atoms with E-state index in [1.807, 2.05) is 0 Å². The largest absolute Gasteiger partial charge is 0.481 e. The van der Waals surface area contributed by atoms with Crippen LogP contribution in [0.15, 0.2) is 22.8 Å². The first kappa shape index (κ1) is 12.3. The van der Waals surface area contributed by atoms with E-state index in [0.717, 1.165) is 0 Å². The highest BCUT2D eigenvalue weighted by Gasteiger charge is 2.25. The highest BCUT2D eigenvalue weighted by atomic mass is 16.4. The minimum atomic E-state index is -1.20. The van der Waals surface area contributed by atoms with Crippen LogP contribution in [0, 0.1) is 5.92 Å². The number of hydrogen-bond acceptors (Lipinski definition) is 4. The van der Waals surface area contributed by atoms with Crippen molar-refractivity contribution >= 4 is 11.9 Å². The molecule has 0 radical (unpaired) electrons. The van der Waals surface area contributed by atoms with Gasteiger partial charge in [0.1, 0.15) is 11.8 Å². The van der Waals surface area contributed by atoms with Gasteiger partial charge in [-0.05, 0) is 18.6 Å². The molecule has 16 heavy (non-hydrogen) atoms. The van der Waals surface area contributed by atoms with Crippen LogP contribution in [0.4, 0.5) is 0 Å². The third kappa shape index (κ3) is 3.39. The van der Waals surface area contributed by atoms with E-state index in [1.165, 1.54) is 6.26 Å². The third-order valence-electron chi connectivity index (χ3n) is 2.23. The van der Waals surface area contributed by atoms with E-state index < -0.39 is 23.9 Å². The molecule has 0 spiro atoms. The summed E-state index contributed by atoms with van der Waals surface area (Å²) in [7, 11) is 0. The van der Waals surface area contributed by atoms with Crippen molar-refractivity contribution in [1.29, 1.82) is 0 Å². The predicted octanol–water partition coefficient (Wildman–Crippen LogP) is 0.325. The summed E-state index contributed by atoms with van der Waals surface area (Å²) in [4.78, 5) is 21.4. The lowest BCUT2D eigenvalue weighted by molar-refractivity contribution is -0.143. The van der Waals surface area contributed by atoms with E-state index in [2.05, 4.69) is 0 Å². The van der Waals surface area contributed by atoms with Crippen LogP contribution in [0.5, 0.6) is 0 Å². The van der Waals surface area contributed by atoms with Crippen LogP contribution in [0.2, 0.25) is 0 Å². The fraction of sp³-hybridized carbons (Fsp3) is 0.400. The molecule has 0 aliphatic rings. The number of carboxylic acids is 2. The second-order valence-electron chi connectivity index (χ2n) is 3.50. The number of aliphatic carboxylic acids is 2. The monoisotopic (exact) mass is 227 g/mol. The third-order valence-corrected chi connectivity index (χ3v) is 2.23. The summed E-state index contributed by atoms with van der Waals surface area (Å²) in [5, 5.41) is 17.5. The Hall–Kier alpha value is -1.82. The van der Waals surface area contributed by atoms with Gasteiger partial charge in [0.15, 0.2) is 0 Å². The van der Waals surface area contributed by atoms with Gasteiger partial charge in [0.25, 0.3) is 0 Å². The molecule has 0 bridgehead atoms. The quantitative estimate of drug-likeness (QED) is 0.645. The van der Waals surface area contributed by atoms with Crippen molar-refractivity contribution < 1.29 is 24.2 Å². The summed E-state index contributed by atoms with van der Waals surface area (Å²) in [6.07, 6.45) is 1.46. The lowest BCUT2D eigenvalue weighted by Crippen LogP contribution is -2.35. The molecule has 1 aromatic rings. The standard InChI is InChI=1S/C10H13NO5/c11-8(10(14)15)5-6(9(12)13)4-7-2-1-3-16-7/h1-3,6,8H,4-5,11H2,(H,12,13)(H,14,15). The first-order valence-corrected chi connectivity index (χ1v) is 4.74. The van der Waals surface area contributed by atoms with E-state index >= 15 is 0 Å². The van der Waals surface area contributed by atoms with Crippen LogP contribution in [0.1, 0.15) is 12.2 Å². The molecule has 88 valence electrons. The van der Waals surface area contributed by atoms with Crippen LogP contribution in [0.25, 0.3) is 0 Å². The van der Waals surface area contributed by atoms with Gasteiger partial charge in [-0.15, -0.1) is 0 Å². The molecule has 0 aliphatic heterocycles. The Morgan fingerprint density at radius 1 is 1.38 bits per heavy atom. The number of furan rings is 1. The van der Waals surface area contributed by atoms with Crippen LogP contribution < -0.4 is 5.73 Å². The molecule has 1 rings (SSSR count). The van der Waals surface area contributed by atoms with E-state index in [4.69, 9.17) is 20.4 Å². The van der Waals surface area contributed by atoms with Gasteiger partial charge in [-0.25, -0.2) is 0 Å². The van der Waals surface area contributed by atoms with Crippen molar-refractivity contribution in [3.63, 3.8) is 0 Å². The van der Waals surface area contributed by atoms with Crippen molar-refractivity contribution in [2.24, 2.45) is 11.7 Å². The average molecular weight is 227 g/mol. The maximum absolute atomic E-state index is 10.9. The Labute approximate surface area is 91.7 Å². The second kappa shape index (κ2) is 5.32. The highest BCUT2D eigenvalue weighted by Crippen LogP contribution is 2.14. The van der Waals surface area contributed by atoms with Crippen molar-refractivity contribution in [2.75, 3.05) is 0 Å². The number of nitrogens with two attached hydrogens (primary N) is 1. The summed E-state index contributed by atoms with van der Waals surface area (Å²) < 4.78 is 5.00. The molecular formula is C10H13NO5. The van der Waals surface area contributed by atoms with Crippen molar-refractivity contribution in [2.45, 2.75) is 18.9 Å². The smallest absolute Gasteiger partial charge is 0.320 e. The van der Waals surface area contributed by atoms with Crippen LogP contribution in [0.3, 0.4) is 0 Å². The normalized spacial score (nSPS) is 14.3. The van der Waals surface area contributed by atoms with E-state index in [0.29, 0.717) is 5.76 Å². The minimum absolute atomic E-state index is 0.120. The first-order chi connectivity index (χ1) is 7.50. The Morgan fingerprint density at radius 2 is 2.06 bits per heavy atom. The number of carboxylic acid groups (broad SMARTS) is 2. The molecule has 1 aromatic heterocycles. The zero-order valence-electron chi connectivity index (χ0n) is 8.50. The van der Waals surface area contributed by atoms with Crippen LogP contribution in [-0.2, 0) is 16.0 Å². The van der Waals surface area contributed by atoms with Crippen LogP contribution >= 0.6 is 0 Å². The Kier molecular flexibility index (Phi) is 4.07. The maximum atomic E-state index is 10.9. The highest BCUT2D eigenvalue weighted by molar-refractivity contribution is 5.75. The van der Waals surface area contributed by atoms with Crippen molar-refractivity contribution in [3.8, 4) is 0 Å². The fourth-order valence-corrected chi connectivity index (χ4v) is 1.35. The molecule has 6 heteroatoms. The summed E-state index contributed by atoms with van der Waals surface area (Å²) in [6, 6.07) is 2.12. The Bertz CT molecular complexity index is 359. The lowest BCUT2D eigenvalue weighted by atomic mass is 9.96. The Morgan fingerprint density at radius 3 is 2.50 bits per heavy atom. The Balaban J connectivity index is 2.61. The summed E-state index contributed by atoms with van der Waals surface area (Å²) in [5.74, 6) is -2.62. The van der Waals surface area contributed by atoms with E-state index in [-0.39, 0.29) is 12.8 Å². The summed E-state index contributed by atoms with van der Waals surface area (Å²) in [5.41, 5.74) is 5.29. The zero-order chi connectivity index (χ0) is 12.1. The van der Waals surface area contributed by atoms with E-state index in [1.54, 1.807) is 12.1 Å². The van der Waals surface area contributed by atoms with Gasteiger partial charge < -0.3 is 20.4 Å². The van der Waals surface area contributed by atoms with Crippen molar-refractivity contribution in [3.05, 3.63) is 24.2 Å². The van der Waals surface area contributed by atoms with Gasteiger partial charge in [0, 0.05) is 6.42 Å². The minimum Gasteiger partial charge on any atom is -0.481 e. The number of rotatable bonds is 6. The van der Waals surface area contributed by atoms with Crippen LogP contribution in [-0.4, -0.2) is 28.2 Å². The van der Waals surface area contributed by atoms with Crippen molar-refractivity contribution in [1.82, 2.24) is 0 Å². The molecule has 1 heterocycles. The molecule has 0 aromatic carbocycles. The van der Waals surface area contributed by atoms with Gasteiger partial charge in [-0.2, -0.15) is 0 Å². The topological polar surface area (TPSA) is 114 Å². The molecule has 2 atom stereocenters. The van der Waals surface area contributed by atoms with Gasteiger partial charge in [-0.3, -0.25) is 9.59 Å². The molecule has 2 unspecified atom stereocenters. The SMILES string of the molecule is NC(CC(Cc1ccco1)C(=O)O)C(=O)O. The molecule has 0 fully saturated rings. The van der Waals surface area contributed by atoms with Gasteiger partial charge >= 0.3 is 11.9 Å². The first-order valence-electron chi connectivity index (χ1n) is 4.74.